The Bertz CT molecular complexity index is 847. The second kappa shape index (κ2) is 6.76. The van der Waals surface area contributed by atoms with Crippen LogP contribution in [-0.4, -0.2) is 23.3 Å². The number of rotatable bonds is 3. The fourth-order valence-corrected chi connectivity index (χ4v) is 2.89. The number of amidine groups is 1. The number of nitrogens with zero attached hydrogens (tertiary/aromatic N) is 1. The van der Waals surface area contributed by atoms with Crippen molar-refractivity contribution in [1.29, 1.82) is 0 Å². The van der Waals surface area contributed by atoms with Gasteiger partial charge in [-0.05, 0) is 59.8 Å². The molecule has 1 aliphatic rings. The molecule has 0 unspecified atom stereocenters. The van der Waals surface area contributed by atoms with Crippen LogP contribution in [0.4, 0.5) is 10.1 Å². The van der Waals surface area contributed by atoms with Crippen LogP contribution >= 0.6 is 11.8 Å². The molecule has 0 bridgehead atoms. The highest BCUT2D eigenvalue weighted by molar-refractivity contribution is 8.18. The van der Waals surface area contributed by atoms with E-state index in [1.165, 1.54) is 49.2 Å². The van der Waals surface area contributed by atoms with Gasteiger partial charge in [-0.15, -0.1) is 0 Å². The zero-order chi connectivity index (χ0) is 17.1. The van der Waals surface area contributed by atoms with Crippen molar-refractivity contribution in [2.75, 3.05) is 7.11 Å². The van der Waals surface area contributed by atoms with Crippen LogP contribution in [0.2, 0.25) is 0 Å². The number of phenols is 1. The van der Waals surface area contributed by atoms with E-state index < -0.39 is 0 Å². The first-order chi connectivity index (χ1) is 11.5. The summed E-state index contributed by atoms with van der Waals surface area (Å²) in [6.07, 6.45) is 1.68. The molecule has 5 nitrogen and oxygen atoms in total. The molecule has 1 amide bonds. The molecule has 7 heteroatoms. The number of benzene rings is 2. The lowest BCUT2D eigenvalue weighted by Crippen LogP contribution is -2.19. The summed E-state index contributed by atoms with van der Waals surface area (Å²) in [5, 5.41) is 12.7. The van der Waals surface area contributed by atoms with E-state index in [9.17, 15) is 14.3 Å². The number of halogens is 1. The number of methoxy groups -OCH3 is 1. The van der Waals surface area contributed by atoms with Crippen LogP contribution in [0.15, 0.2) is 52.4 Å². The van der Waals surface area contributed by atoms with Crippen molar-refractivity contribution in [2.45, 2.75) is 0 Å². The van der Waals surface area contributed by atoms with E-state index >= 15 is 0 Å². The number of aliphatic imine (C=N–C) groups is 1. The Morgan fingerprint density at radius 1 is 1.25 bits per heavy atom. The van der Waals surface area contributed by atoms with Crippen LogP contribution in [0.5, 0.6) is 11.5 Å². The van der Waals surface area contributed by atoms with Crippen molar-refractivity contribution >= 4 is 34.6 Å². The maximum Gasteiger partial charge on any atom is 0.264 e. The standard InChI is InChI=1S/C17H13FN2O3S/c1-23-14-8-10(2-7-13(14)21)9-15-16(22)20-17(24-15)19-12-5-3-11(18)4-6-12/h2-9,21H,1H3,(H,19,20,22)/b15-9-. The van der Waals surface area contributed by atoms with Crippen molar-refractivity contribution in [3.05, 3.63) is 58.8 Å². The summed E-state index contributed by atoms with van der Waals surface area (Å²) in [5.41, 5.74) is 1.26. The molecular weight excluding hydrogens is 331 g/mol. The summed E-state index contributed by atoms with van der Waals surface area (Å²) < 4.78 is 17.9. The molecule has 1 saturated heterocycles. The maximum absolute atomic E-state index is 12.9. The molecule has 1 fully saturated rings. The Labute approximate surface area is 141 Å². The van der Waals surface area contributed by atoms with Gasteiger partial charge >= 0.3 is 0 Å². The third-order valence-electron chi connectivity index (χ3n) is 3.21. The average Bonchev–Trinajstić information content (AvgIpc) is 2.91. The Hall–Kier alpha value is -2.80. The van der Waals surface area contributed by atoms with Gasteiger partial charge in [-0.2, -0.15) is 0 Å². The average molecular weight is 344 g/mol. The van der Waals surface area contributed by atoms with Gasteiger partial charge in [0.1, 0.15) is 5.82 Å². The quantitative estimate of drug-likeness (QED) is 0.837. The molecule has 1 heterocycles. The number of hydrogen-bond acceptors (Lipinski definition) is 5. The molecule has 24 heavy (non-hydrogen) atoms. The molecule has 2 N–H and O–H groups in total. The van der Waals surface area contributed by atoms with Crippen molar-refractivity contribution in [2.24, 2.45) is 4.99 Å². The number of hydrogen-bond donors (Lipinski definition) is 2. The number of amides is 1. The molecule has 0 aromatic heterocycles. The van der Waals surface area contributed by atoms with E-state index in [1.54, 1.807) is 18.2 Å². The van der Waals surface area contributed by atoms with Gasteiger partial charge in [0.05, 0.1) is 17.7 Å². The van der Waals surface area contributed by atoms with Crippen molar-refractivity contribution < 1.29 is 19.0 Å². The molecule has 0 radical (unpaired) electrons. The van der Waals surface area contributed by atoms with Gasteiger partial charge in [0.2, 0.25) is 0 Å². The van der Waals surface area contributed by atoms with Gasteiger partial charge in [-0.25, -0.2) is 9.38 Å². The predicted molar refractivity (Wildman–Crippen MR) is 91.9 cm³/mol. The van der Waals surface area contributed by atoms with Gasteiger partial charge in [0, 0.05) is 0 Å². The zero-order valence-electron chi connectivity index (χ0n) is 12.6. The van der Waals surface area contributed by atoms with Crippen LogP contribution < -0.4 is 10.1 Å². The minimum atomic E-state index is -0.344. The predicted octanol–water partition coefficient (Wildman–Crippen LogP) is 3.43. The van der Waals surface area contributed by atoms with Crippen LogP contribution in [0, 0.1) is 5.82 Å². The van der Waals surface area contributed by atoms with Crippen LogP contribution in [-0.2, 0) is 4.79 Å². The van der Waals surface area contributed by atoms with Crippen molar-refractivity contribution in [3.8, 4) is 11.5 Å². The summed E-state index contributed by atoms with van der Waals surface area (Å²) in [7, 11) is 1.45. The molecule has 122 valence electrons. The van der Waals surface area contributed by atoms with Gasteiger partial charge in [0.15, 0.2) is 16.7 Å². The van der Waals surface area contributed by atoms with Crippen molar-refractivity contribution in [3.63, 3.8) is 0 Å². The molecule has 0 saturated carbocycles. The van der Waals surface area contributed by atoms with E-state index in [1.807, 2.05) is 0 Å². The maximum atomic E-state index is 12.9. The number of ether oxygens (including phenoxy) is 1. The Morgan fingerprint density at radius 2 is 2.00 bits per heavy atom. The minimum absolute atomic E-state index is 0.0294. The molecule has 2 aromatic carbocycles. The Morgan fingerprint density at radius 3 is 2.71 bits per heavy atom. The van der Waals surface area contributed by atoms with E-state index in [2.05, 4.69) is 10.3 Å². The number of thioether (sulfide) groups is 1. The zero-order valence-corrected chi connectivity index (χ0v) is 13.4. The van der Waals surface area contributed by atoms with Gasteiger partial charge in [-0.1, -0.05) is 6.07 Å². The van der Waals surface area contributed by atoms with Gasteiger partial charge < -0.3 is 15.2 Å². The lowest BCUT2D eigenvalue weighted by Gasteiger charge is -2.03. The van der Waals surface area contributed by atoms with Crippen molar-refractivity contribution in [1.82, 2.24) is 5.32 Å². The molecule has 1 aliphatic heterocycles. The topological polar surface area (TPSA) is 70.9 Å². The molecule has 0 spiro atoms. The first-order valence-corrected chi connectivity index (χ1v) is 7.79. The van der Waals surface area contributed by atoms with Crippen LogP contribution in [0.25, 0.3) is 6.08 Å². The molecule has 0 aliphatic carbocycles. The number of nitrogens with one attached hydrogen (secondary N) is 1. The lowest BCUT2D eigenvalue weighted by molar-refractivity contribution is -0.115. The second-order valence-corrected chi connectivity index (χ2v) is 5.92. The van der Waals surface area contributed by atoms with E-state index in [4.69, 9.17) is 4.74 Å². The summed E-state index contributed by atoms with van der Waals surface area (Å²) in [4.78, 5) is 16.8. The number of carbonyl (C=O) groups is 1. The van der Waals surface area contributed by atoms with E-state index in [-0.39, 0.29) is 17.5 Å². The first kappa shape index (κ1) is 16.1. The monoisotopic (exact) mass is 344 g/mol. The number of carbonyl (C=O) groups excluding carboxylic acids is 1. The first-order valence-electron chi connectivity index (χ1n) is 6.97. The molecule has 2 aromatic rings. The van der Waals surface area contributed by atoms with Crippen LogP contribution in [0.3, 0.4) is 0 Å². The summed E-state index contributed by atoms with van der Waals surface area (Å²) in [6.45, 7) is 0. The fraction of sp³-hybridized carbons (Fsp3) is 0.0588. The SMILES string of the molecule is COc1cc(/C=C2\SC(=Nc3ccc(F)cc3)NC2=O)ccc1O. The second-order valence-electron chi connectivity index (χ2n) is 4.89. The van der Waals surface area contributed by atoms with E-state index in [0.717, 1.165) is 0 Å². The molecule has 3 rings (SSSR count). The minimum Gasteiger partial charge on any atom is -0.504 e. The number of aromatic hydroxyl groups is 1. The number of phenolic OH excluding ortho intramolecular Hbond substituents is 1. The fourth-order valence-electron chi connectivity index (χ4n) is 2.05. The highest BCUT2D eigenvalue weighted by Crippen LogP contribution is 2.31. The van der Waals surface area contributed by atoms with E-state index in [0.29, 0.717) is 27.1 Å². The smallest absolute Gasteiger partial charge is 0.264 e. The van der Waals surface area contributed by atoms with Gasteiger partial charge in [0.25, 0.3) is 5.91 Å². The normalized spacial score (nSPS) is 17.3. The molecular formula is C17H13FN2O3S. The highest BCUT2D eigenvalue weighted by Gasteiger charge is 2.23. The Balaban J connectivity index is 1.83. The highest BCUT2D eigenvalue weighted by atomic mass is 32.2. The third kappa shape index (κ3) is 3.57. The molecule has 0 atom stereocenters. The lowest BCUT2D eigenvalue weighted by atomic mass is 10.2. The summed E-state index contributed by atoms with van der Waals surface area (Å²) in [5.74, 6) is -0.258. The third-order valence-corrected chi connectivity index (χ3v) is 4.12. The summed E-state index contributed by atoms with van der Waals surface area (Å²) >= 11 is 1.18. The largest absolute Gasteiger partial charge is 0.504 e. The van der Waals surface area contributed by atoms with Gasteiger partial charge in [-0.3, -0.25) is 4.79 Å². The van der Waals surface area contributed by atoms with Crippen LogP contribution in [0.1, 0.15) is 5.56 Å². The Kier molecular flexibility index (Phi) is 4.52. The summed E-state index contributed by atoms with van der Waals surface area (Å²) in [6, 6.07) is 10.5.